The third kappa shape index (κ3) is 8.83. The van der Waals surface area contributed by atoms with Crippen LogP contribution in [0.3, 0.4) is 0 Å². The first-order valence-corrected chi connectivity index (χ1v) is 7.14. The minimum atomic E-state index is 0. The van der Waals surface area contributed by atoms with E-state index in [1.54, 1.807) is 0 Å². The van der Waals surface area contributed by atoms with E-state index in [-0.39, 0.29) is 40.4 Å². The average Bonchev–Trinajstić information content (AvgIpc) is 1.00. The van der Waals surface area contributed by atoms with Gasteiger partial charge in [0.05, 0.1) is 0 Å². The zero-order valence-electron chi connectivity index (χ0n) is 1.58. The number of hydrogen-bond donors (Lipinski definition) is 0. The molecule has 0 heterocycles. The molecule has 0 fully saturated rings. The van der Waals surface area contributed by atoms with Gasteiger partial charge in [-0.25, -0.2) is 0 Å². The first-order chi connectivity index (χ1) is 1.00. The van der Waals surface area contributed by atoms with Crippen LogP contribution in [0, 0.1) is 0 Å². The topological polar surface area (TPSA) is 0 Å². The zero-order chi connectivity index (χ0) is 2.00. The molecule has 0 amide bonds. The van der Waals surface area contributed by atoms with E-state index in [4.69, 9.17) is 0 Å². The van der Waals surface area contributed by atoms with Crippen LogP contribution in [0.4, 0.5) is 0 Å². The van der Waals surface area contributed by atoms with Crippen LogP contribution in [0.25, 0.3) is 0 Å². The maximum atomic E-state index is 1.83. The van der Waals surface area contributed by atoms with Crippen LogP contribution in [0.15, 0.2) is 0 Å². The predicted octanol–water partition coefficient (Wildman–Crippen LogP) is -3.29. The summed E-state index contributed by atoms with van der Waals surface area (Å²) in [5, 5.41) is 0. The van der Waals surface area contributed by atoms with Gasteiger partial charge in [-0.15, -0.1) is 0 Å². The Balaban J connectivity index is -0.00000000500. The summed E-state index contributed by atoms with van der Waals surface area (Å²) in [6, 6.07) is 0. The van der Waals surface area contributed by atoms with E-state index in [1.807, 2.05) is 23.5 Å². The second kappa shape index (κ2) is 18.2. The van der Waals surface area contributed by atoms with Crippen molar-refractivity contribution < 1.29 is 23.5 Å². The molecule has 0 aliphatic carbocycles. The molecule has 0 aromatic rings. The molecular weight excluding hydrogens is 124 g/mol. The standard InChI is InChI=1S/Al.Mg.Sc.H3Si.5H/h;;;1H3;;;;;. The van der Waals surface area contributed by atoms with Gasteiger partial charge in [-0.1, -0.05) is 0 Å². The molecule has 0 aliphatic rings. The molecule has 0 nitrogen and oxygen atoms in total. The quantitative estimate of drug-likeness (QED) is 0.303. The Morgan fingerprint density at radius 2 is 1.25 bits per heavy atom. The monoisotopic (exact) mass is 132 g/mol. The molecule has 0 rings (SSSR count). The first kappa shape index (κ1) is 16.2. The second-order valence-electron chi connectivity index (χ2n) is 0. The molecule has 4 heteroatoms. The third-order valence-corrected chi connectivity index (χ3v) is 0. The van der Waals surface area contributed by atoms with Crippen molar-refractivity contribution in [1.82, 2.24) is 0 Å². The van der Waals surface area contributed by atoms with Crippen LogP contribution in [0.5, 0.6) is 0 Å². The summed E-state index contributed by atoms with van der Waals surface area (Å²) in [7, 11) is 1.37. The average molecular weight is 132 g/mol. The molecule has 4 heavy (non-hydrogen) atoms. The maximum absolute atomic E-state index is 1.83. The van der Waals surface area contributed by atoms with Gasteiger partial charge >= 0.3 is 54.0 Å². The van der Waals surface area contributed by atoms with E-state index in [2.05, 4.69) is 0 Å². The van der Waals surface area contributed by atoms with Crippen LogP contribution in [-0.4, -0.2) is 47.8 Å². The van der Waals surface area contributed by atoms with Crippen molar-refractivity contribution in [3.63, 3.8) is 0 Å². The van der Waals surface area contributed by atoms with Crippen molar-refractivity contribution in [2.75, 3.05) is 0 Å². The fourth-order valence-corrected chi connectivity index (χ4v) is 0. The molecule has 0 N–H and O–H groups in total. The Morgan fingerprint density at radius 1 is 1.25 bits per heavy atom. The van der Waals surface area contributed by atoms with Gasteiger partial charge in [0.1, 0.15) is 0 Å². The second-order valence-corrected chi connectivity index (χ2v) is 0. The summed E-state index contributed by atoms with van der Waals surface area (Å²) in [4.78, 5) is 0. The molecule has 0 aromatic carbocycles. The molecular formula is H8AlMgScSi. The van der Waals surface area contributed by atoms with Gasteiger partial charge in [0.2, 0.25) is 0 Å². The first-order valence-electron chi connectivity index (χ1n) is 0.577. The van der Waals surface area contributed by atoms with Gasteiger partial charge in [-0.05, 0) is 0 Å². The normalized spacial score (nSPS) is 1.75. The van der Waals surface area contributed by atoms with E-state index >= 15 is 0 Å². The molecule has 0 unspecified atom stereocenters. The summed E-state index contributed by atoms with van der Waals surface area (Å²) in [5.41, 5.74) is 0. The number of rotatable bonds is 0. The van der Waals surface area contributed by atoms with Gasteiger partial charge in [-0.3, -0.25) is 0 Å². The predicted molar refractivity (Wildman–Crippen MR) is 28.4 cm³/mol. The Kier molecular flexibility index (Phi) is 73.5. The molecule has 0 radical (unpaired) electrons. The van der Waals surface area contributed by atoms with Gasteiger partial charge in [0.25, 0.3) is 0 Å². The molecule has 0 aliphatic heterocycles. The van der Waals surface area contributed by atoms with Crippen molar-refractivity contribution in [3.8, 4) is 0 Å². The SMILES string of the molecule is [AlH3].[MgH2].[SiH3][Sc]. The van der Waals surface area contributed by atoms with Crippen molar-refractivity contribution in [1.29, 1.82) is 0 Å². The van der Waals surface area contributed by atoms with Crippen molar-refractivity contribution >= 4 is 47.8 Å². The summed E-state index contributed by atoms with van der Waals surface area (Å²) in [5.74, 6) is 0. The van der Waals surface area contributed by atoms with E-state index in [0.717, 1.165) is 0 Å². The third-order valence-electron chi connectivity index (χ3n) is 0. The molecule has 0 saturated heterocycles. The van der Waals surface area contributed by atoms with Gasteiger partial charge in [-0.2, -0.15) is 0 Å². The van der Waals surface area contributed by atoms with E-state index in [9.17, 15) is 0 Å². The van der Waals surface area contributed by atoms with Gasteiger partial charge in [0, 0.05) is 0 Å². The van der Waals surface area contributed by atoms with E-state index in [0.29, 0.717) is 0 Å². The Morgan fingerprint density at radius 3 is 1.25 bits per heavy atom. The molecule has 0 spiro atoms. The number of hydrogen-bond acceptors (Lipinski definition) is 0. The molecule has 0 saturated carbocycles. The molecule has 20 valence electrons. The van der Waals surface area contributed by atoms with Crippen LogP contribution in [0.2, 0.25) is 0 Å². The Hall–Kier alpha value is 2.39. The van der Waals surface area contributed by atoms with Gasteiger partial charge < -0.3 is 0 Å². The van der Waals surface area contributed by atoms with Crippen molar-refractivity contribution in [3.05, 3.63) is 0 Å². The van der Waals surface area contributed by atoms with Crippen molar-refractivity contribution in [2.24, 2.45) is 0 Å². The van der Waals surface area contributed by atoms with Crippen LogP contribution in [-0.2, 0) is 23.5 Å². The Labute approximate surface area is 70.4 Å². The molecule has 0 aromatic heterocycles. The summed E-state index contributed by atoms with van der Waals surface area (Å²) in [6.07, 6.45) is 0. The zero-order valence-corrected chi connectivity index (χ0v) is 5.38. The fraction of sp³-hybridized carbons (Fsp3) is 0. The van der Waals surface area contributed by atoms with Crippen LogP contribution in [0.1, 0.15) is 0 Å². The van der Waals surface area contributed by atoms with Crippen molar-refractivity contribution in [2.45, 2.75) is 0 Å². The van der Waals surface area contributed by atoms with Crippen LogP contribution >= 0.6 is 0 Å². The molecule has 0 atom stereocenters. The van der Waals surface area contributed by atoms with Gasteiger partial charge in [0.15, 0.2) is 17.4 Å². The fourth-order valence-electron chi connectivity index (χ4n) is 0. The summed E-state index contributed by atoms with van der Waals surface area (Å²) in [6.45, 7) is 0. The van der Waals surface area contributed by atoms with E-state index < -0.39 is 0 Å². The van der Waals surface area contributed by atoms with E-state index in [1.165, 1.54) is 7.43 Å². The summed E-state index contributed by atoms with van der Waals surface area (Å²) >= 11 is 1.83. The molecule has 0 bridgehead atoms. The minimum absolute atomic E-state index is 0. The van der Waals surface area contributed by atoms with Crippen LogP contribution < -0.4 is 0 Å². The summed E-state index contributed by atoms with van der Waals surface area (Å²) < 4.78 is 0. The Bertz CT molecular complexity index is 8.00.